The second kappa shape index (κ2) is 33.2. The fourth-order valence-electron chi connectivity index (χ4n) is 7.24. The molecule has 0 unspecified atom stereocenters. The number of nitrogens with one attached hydrogen (secondary N) is 4. The minimum absolute atomic E-state index is 0.105. The summed E-state index contributed by atoms with van der Waals surface area (Å²) < 4.78 is 17.1. The van der Waals surface area contributed by atoms with Gasteiger partial charge in [-0.25, -0.2) is 15.0 Å². The highest BCUT2D eigenvalue weighted by molar-refractivity contribution is 5.78. The van der Waals surface area contributed by atoms with Gasteiger partial charge in [-0.05, 0) is 53.3 Å². The van der Waals surface area contributed by atoms with Crippen molar-refractivity contribution < 1.29 is 28.9 Å². The zero-order valence-corrected chi connectivity index (χ0v) is 45.0. The van der Waals surface area contributed by atoms with E-state index >= 15 is 0 Å². The lowest BCUT2D eigenvalue weighted by Crippen LogP contribution is -2.22. The van der Waals surface area contributed by atoms with Crippen LogP contribution in [0, 0.1) is 0 Å². The molecule has 0 aliphatic heterocycles. The predicted molar refractivity (Wildman–Crippen MR) is 304 cm³/mol. The molecule has 1 amide bonds. The number of unbranched alkanes of at least 4 members (excludes halogenated alkanes) is 6. The number of carbonyl (C=O) groups excluding carboxylic acids is 1. The Morgan fingerprint density at radius 2 is 0.810 bits per heavy atom. The number of hydrogen-bond acceptors (Lipinski definition) is 20. The van der Waals surface area contributed by atoms with Crippen LogP contribution in [0.15, 0.2) is 91.8 Å². The molecule has 9 rings (SSSR count). The number of aromatic nitrogens is 12. The number of nitrogen functional groups attached to an aromatic ring is 3. The molecule has 0 atom stereocenters. The monoisotopic (exact) mass is 1080 g/mol. The molecule has 3 aromatic carbocycles. The third-order valence-electron chi connectivity index (χ3n) is 11.5. The molecule has 25 heteroatoms. The van der Waals surface area contributed by atoms with Gasteiger partial charge in [-0.15, -0.1) is 0 Å². The molecule has 0 bridgehead atoms. The summed E-state index contributed by atoms with van der Waals surface area (Å²) in [6.45, 7) is 6.97. The number of benzene rings is 3. The topological polar surface area (TPSA) is 414 Å². The molecule has 79 heavy (non-hydrogen) atoms. The Bertz CT molecular complexity index is 3080. The largest absolute Gasteiger partial charge is 0.481 e. The second-order valence-corrected chi connectivity index (χ2v) is 17.5. The Hall–Kier alpha value is -9.07. The fourth-order valence-corrected chi connectivity index (χ4v) is 7.24. The summed E-state index contributed by atoms with van der Waals surface area (Å²) in [5.41, 5.74) is 42.1. The number of imidazole rings is 3. The number of H-pyrrole nitrogens is 3. The molecule has 17 N–H and O–H groups in total. The Morgan fingerprint density at radius 1 is 0.481 bits per heavy atom. The normalized spacial score (nSPS) is 10.5. The van der Waals surface area contributed by atoms with Crippen molar-refractivity contribution in [1.29, 1.82) is 0 Å². The summed E-state index contributed by atoms with van der Waals surface area (Å²) in [6, 6.07) is 23.7. The number of hydrogen-bond donors (Lipinski definition) is 11. The number of rotatable bonds is 23. The van der Waals surface area contributed by atoms with Gasteiger partial charge in [0.15, 0.2) is 16.9 Å². The maximum atomic E-state index is 11.9. The van der Waals surface area contributed by atoms with E-state index in [1.807, 2.05) is 72.8 Å². The molecule has 0 saturated heterocycles. The molecule has 6 heterocycles. The van der Waals surface area contributed by atoms with Gasteiger partial charge in [-0.3, -0.25) is 9.59 Å². The maximum absolute atomic E-state index is 11.9. The number of carboxylic acids is 1. The Morgan fingerprint density at radius 3 is 1.14 bits per heavy atom. The number of aliphatic carboxylic acids is 1. The Balaban J connectivity index is 0.000000202. The van der Waals surface area contributed by atoms with E-state index in [1.165, 1.54) is 45.3 Å². The van der Waals surface area contributed by atoms with Crippen molar-refractivity contribution in [3.63, 3.8) is 0 Å². The number of aromatic amines is 3. The number of anilines is 3. The third-order valence-corrected chi connectivity index (χ3v) is 11.5. The van der Waals surface area contributed by atoms with Gasteiger partial charge in [0, 0.05) is 32.5 Å². The highest BCUT2D eigenvalue weighted by atomic mass is 16.5. The zero-order chi connectivity index (χ0) is 56.8. The van der Waals surface area contributed by atoms with E-state index in [9.17, 15) is 9.59 Å². The van der Waals surface area contributed by atoms with Gasteiger partial charge < -0.3 is 74.0 Å². The summed E-state index contributed by atoms with van der Waals surface area (Å²) in [7, 11) is 1.50. The van der Waals surface area contributed by atoms with Crippen LogP contribution in [0.4, 0.5) is 17.8 Å². The molecular weight excluding hydrogens is 1010 g/mol. The van der Waals surface area contributed by atoms with Crippen LogP contribution < -0.4 is 53.9 Å². The first-order valence-corrected chi connectivity index (χ1v) is 25.9. The van der Waals surface area contributed by atoms with Crippen molar-refractivity contribution in [2.75, 3.05) is 24.2 Å². The van der Waals surface area contributed by atoms with Crippen molar-refractivity contribution in [3.05, 3.63) is 125 Å². The van der Waals surface area contributed by atoms with Crippen molar-refractivity contribution in [2.45, 2.75) is 118 Å². The van der Waals surface area contributed by atoms with Crippen LogP contribution in [0.1, 0.15) is 111 Å². The number of carbonyl (C=O) groups is 2. The number of nitrogens with two attached hydrogens (primary N) is 6. The fraction of sp³-hybridized carbons (Fsp3) is 0.352. The van der Waals surface area contributed by atoms with E-state index in [2.05, 4.69) is 84.7 Å². The minimum atomic E-state index is -0.675. The van der Waals surface area contributed by atoms with E-state index in [1.54, 1.807) is 0 Å². The smallest absolute Gasteiger partial charge is 0.303 e. The Kier molecular flexibility index (Phi) is 25.5. The Labute approximate surface area is 457 Å². The first kappa shape index (κ1) is 60.8. The standard InChI is InChI=1S/C20H26N6O2.2C13H14N6O.C7H14O2.CH5N/c1-2-3-4-5-6-16(27)22-11-14-7-9-15(10-8-14)12-28-19-17-18(24-13-23-17)25-20(21)26-19;2*14-5-8-1-3-9(4-2-8)6-20-12-10-11(17-7-16-10)18-13(15)19-12;1-2-3-4-5-6-7(8)9;1-2/h7-10,13H,2-6,11-12H2,1H3,(H,22,27)(H3,21,23,24,25,26);2*1-4,7H,5-6,14H2,(H3,15,16,17,18,19);2-6H2,1H3,(H,8,9);2H2,1H3. The van der Waals surface area contributed by atoms with Gasteiger partial charge in [0.25, 0.3) is 0 Å². The van der Waals surface area contributed by atoms with Gasteiger partial charge in [0.2, 0.25) is 41.4 Å². The number of nitrogens with zero attached hydrogens (tertiary/aromatic N) is 9. The number of ether oxygens (including phenoxy) is 3. The number of fused-ring (bicyclic) bond motifs is 3. The van der Waals surface area contributed by atoms with E-state index in [4.69, 9.17) is 48.0 Å². The molecule has 9 aromatic rings. The summed E-state index contributed by atoms with van der Waals surface area (Å²) in [6.07, 6.45) is 14.2. The van der Waals surface area contributed by atoms with E-state index in [0.717, 1.165) is 65.5 Å². The van der Waals surface area contributed by atoms with E-state index in [0.29, 0.717) is 103 Å². The summed E-state index contributed by atoms with van der Waals surface area (Å²) in [5.74, 6) is 0.992. The summed E-state index contributed by atoms with van der Waals surface area (Å²) in [4.78, 5) is 67.1. The number of amides is 1. The molecule has 0 aliphatic rings. The third kappa shape index (κ3) is 20.4. The summed E-state index contributed by atoms with van der Waals surface area (Å²) >= 11 is 0. The van der Waals surface area contributed by atoms with Gasteiger partial charge in [-0.2, -0.15) is 29.9 Å². The molecule has 0 fully saturated rings. The van der Waals surface area contributed by atoms with E-state index in [-0.39, 0.29) is 23.8 Å². The lowest BCUT2D eigenvalue weighted by molar-refractivity contribution is -0.137. The van der Waals surface area contributed by atoms with E-state index < -0.39 is 5.97 Å². The second-order valence-electron chi connectivity index (χ2n) is 17.5. The average molecular weight is 1080 g/mol. The molecule has 0 radical (unpaired) electrons. The van der Waals surface area contributed by atoms with Crippen LogP contribution >= 0.6 is 0 Å². The molecule has 420 valence electrons. The van der Waals surface area contributed by atoms with Crippen LogP contribution in [0.3, 0.4) is 0 Å². The SMILES string of the molecule is CCCCCCC(=O)NCc1ccc(COc2nc(N)nc3nc[nH]c23)cc1.CCCCCCC(=O)O.CN.NCc1ccc(COc2nc(N)nc3nc[nH]c23)cc1.NCc1ccc(COc2nc(N)nc3nc[nH]c23)cc1. The van der Waals surface area contributed by atoms with Crippen molar-refractivity contribution >= 4 is 63.2 Å². The van der Waals surface area contributed by atoms with Crippen LogP contribution in [0.2, 0.25) is 0 Å². The molecule has 0 spiro atoms. The van der Waals surface area contributed by atoms with Gasteiger partial charge >= 0.3 is 5.97 Å². The van der Waals surface area contributed by atoms with Crippen LogP contribution in [0.5, 0.6) is 17.6 Å². The quantitative estimate of drug-likeness (QED) is 0.0298. The molecule has 6 aromatic heterocycles. The van der Waals surface area contributed by atoms with Crippen LogP contribution in [-0.2, 0) is 49.0 Å². The molecule has 0 saturated carbocycles. The molecule has 0 aliphatic carbocycles. The highest BCUT2D eigenvalue weighted by Crippen LogP contribution is 2.24. The minimum Gasteiger partial charge on any atom is -0.481 e. The van der Waals surface area contributed by atoms with Gasteiger partial charge in [0.05, 0.1) is 19.0 Å². The van der Waals surface area contributed by atoms with Crippen molar-refractivity contribution in [1.82, 2.24) is 65.1 Å². The van der Waals surface area contributed by atoms with Crippen LogP contribution in [0.25, 0.3) is 33.5 Å². The maximum Gasteiger partial charge on any atom is 0.303 e. The first-order chi connectivity index (χ1) is 38.4. The van der Waals surface area contributed by atoms with Gasteiger partial charge in [-0.1, -0.05) is 125 Å². The first-order valence-electron chi connectivity index (χ1n) is 25.9. The molecule has 25 nitrogen and oxygen atoms in total. The van der Waals surface area contributed by atoms with Crippen LogP contribution in [-0.4, -0.2) is 83.8 Å². The van der Waals surface area contributed by atoms with Crippen molar-refractivity contribution in [2.24, 2.45) is 17.2 Å². The zero-order valence-electron chi connectivity index (χ0n) is 45.0. The average Bonchev–Trinajstić information content (AvgIpc) is 4.29. The van der Waals surface area contributed by atoms with Gasteiger partial charge in [0.1, 0.15) is 36.4 Å². The highest BCUT2D eigenvalue weighted by Gasteiger charge is 2.13. The lowest BCUT2D eigenvalue weighted by Gasteiger charge is -2.08. The predicted octanol–water partition coefficient (Wildman–Crippen LogP) is 6.66. The lowest BCUT2D eigenvalue weighted by atomic mass is 10.1. The summed E-state index contributed by atoms with van der Waals surface area (Å²) in [5, 5.41) is 11.2. The number of carboxylic acid groups (broad SMARTS) is 1. The molecular formula is C54H73N19O6. The van der Waals surface area contributed by atoms with Crippen molar-refractivity contribution in [3.8, 4) is 17.6 Å².